The molecule has 0 heterocycles. The molecule has 0 aliphatic rings. The summed E-state index contributed by atoms with van der Waals surface area (Å²) < 4.78 is 4.72. The number of rotatable bonds is 1. The van der Waals surface area contributed by atoms with Gasteiger partial charge in [-0.15, -0.1) is 0 Å². The van der Waals surface area contributed by atoms with E-state index in [-0.39, 0.29) is 0 Å². The predicted octanol–water partition coefficient (Wildman–Crippen LogP) is 1.80. The zero-order valence-electron chi connectivity index (χ0n) is 4.60. The highest BCUT2D eigenvalue weighted by Crippen LogP contribution is 2.13. The summed E-state index contributed by atoms with van der Waals surface area (Å²) in [4.78, 5) is 0. The summed E-state index contributed by atoms with van der Waals surface area (Å²) in [5.74, 6) is 0.746. The van der Waals surface area contributed by atoms with Crippen LogP contribution in [0.2, 0.25) is 5.02 Å². The van der Waals surface area contributed by atoms with Crippen molar-refractivity contribution >= 4 is 22.1 Å². The minimum atomic E-state index is 0.711. The Kier molecular flexibility index (Phi) is 2.14. The second-order valence-corrected chi connectivity index (χ2v) is 2.20. The highest BCUT2D eigenvalue weighted by molar-refractivity contribution is 6.30. The molecule has 45 valence electrons. The molecule has 0 aromatic heterocycles. The van der Waals surface area contributed by atoms with Crippen LogP contribution in [-0.4, -0.2) is 10.5 Å². The number of benzene rings is 1. The van der Waals surface area contributed by atoms with E-state index in [9.17, 15) is 0 Å². The molecule has 1 rings (SSSR count). The monoisotopic (exact) mass is 155 g/mol. The van der Waals surface area contributed by atoms with Gasteiger partial charge in [0.05, 0.1) is 0 Å². The van der Waals surface area contributed by atoms with E-state index >= 15 is 0 Å². The Morgan fingerprint density at radius 2 is 1.78 bits per heavy atom. The first kappa shape index (κ1) is 6.64. The fourth-order valence-electron chi connectivity index (χ4n) is 0.503. The van der Waals surface area contributed by atoms with Gasteiger partial charge in [0.2, 0.25) is 0 Å². The molecule has 0 atom stereocenters. The summed E-state index contributed by atoms with van der Waals surface area (Å²) in [6.07, 6.45) is 0. The molecule has 9 heavy (non-hydrogen) atoms. The summed E-state index contributed by atoms with van der Waals surface area (Å²) in [6, 6.07) is 7.07. The van der Waals surface area contributed by atoms with Crippen LogP contribution in [0.1, 0.15) is 0 Å². The molecule has 3 heteroatoms. The van der Waals surface area contributed by atoms with Gasteiger partial charge in [-0.1, -0.05) is 11.6 Å². The lowest BCUT2D eigenvalue weighted by Gasteiger charge is -1.96. The van der Waals surface area contributed by atoms with Gasteiger partial charge < -0.3 is 4.43 Å². The molecule has 0 saturated heterocycles. The average molecular weight is 156 g/mol. The van der Waals surface area contributed by atoms with Crippen LogP contribution < -0.4 is 4.43 Å². The van der Waals surface area contributed by atoms with Crippen molar-refractivity contribution in [3.63, 3.8) is 0 Å². The van der Waals surface area contributed by atoms with E-state index < -0.39 is 0 Å². The number of halogens is 1. The van der Waals surface area contributed by atoms with Gasteiger partial charge in [-0.05, 0) is 24.3 Å². The van der Waals surface area contributed by atoms with Gasteiger partial charge in [-0.3, -0.25) is 0 Å². The Labute approximate surface area is 62.1 Å². The van der Waals surface area contributed by atoms with Crippen molar-refractivity contribution in [3.05, 3.63) is 29.3 Å². The maximum absolute atomic E-state index is 5.60. The third-order valence-electron chi connectivity index (χ3n) is 0.931. The molecule has 0 spiro atoms. The fraction of sp³-hybridized carbons (Fsp3) is 0. The summed E-state index contributed by atoms with van der Waals surface area (Å²) in [6.45, 7) is 0. The average Bonchev–Trinajstić information content (AvgIpc) is 1.90. The Hall–Kier alpha value is -0.473. The molecule has 0 N–H and O–H groups in total. The lowest BCUT2D eigenvalue weighted by molar-refractivity contribution is 0.616. The first-order valence-corrected chi connectivity index (χ1v) is 3.20. The molecule has 1 aromatic rings. The lowest BCUT2D eigenvalue weighted by atomic mass is 10.3. The van der Waals surface area contributed by atoms with E-state index in [4.69, 9.17) is 16.0 Å². The van der Waals surface area contributed by atoms with Crippen LogP contribution in [0.25, 0.3) is 0 Å². The second-order valence-electron chi connectivity index (χ2n) is 1.56. The number of hydrogen-bond acceptors (Lipinski definition) is 1. The Bertz CT molecular complexity index is 185. The third kappa shape index (κ3) is 1.73. The summed E-state index contributed by atoms with van der Waals surface area (Å²) >= 11 is 5.60. The largest absolute Gasteiger partial charge is 0.540 e. The second kappa shape index (κ2) is 2.89. The van der Waals surface area contributed by atoms with Crippen molar-refractivity contribution in [2.24, 2.45) is 0 Å². The third-order valence-corrected chi connectivity index (χ3v) is 1.42. The number of hydrogen-bond donors (Lipinski definition) is 0. The molecular formula is C6H4ClOSi. The molecule has 1 aromatic carbocycles. The van der Waals surface area contributed by atoms with Crippen molar-refractivity contribution in [1.82, 2.24) is 0 Å². The molecule has 0 bridgehead atoms. The van der Waals surface area contributed by atoms with Crippen LogP contribution >= 0.6 is 11.6 Å². The van der Waals surface area contributed by atoms with Gasteiger partial charge in [-0.25, -0.2) is 0 Å². The fourth-order valence-corrected chi connectivity index (χ4v) is 0.765. The Morgan fingerprint density at radius 1 is 1.22 bits per heavy atom. The SMILES string of the molecule is [Si]Oc1ccc(Cl)cc1. The van der Waals surface area contributed by atoms with Gasteiger partial charge in [0.25, 0.3) is 0 Å². The molecular weight excluding hydrogens is 152 g/mol. The molecule has 0 fully saturated rings. The van der Waals surface area contributed by atoms with E-state index in [1.54, 1.807) is 24.3 Å². The van der Waals surface area contributed by atoms with E-state index in [0.29, 0.717) is 5.02 Å². The molecule has 1 nitrogen and oxygen atoms in total. The van der Waals surface area contributed by atoms with Crippen LogP contribution in [-0.2, 0) is 0 Å². The molecule has 0 saturated carbocycles. The first-order valence-electron chi connectivity index (χ1n) is 2.42. The first-order chi connectivity index (χ1) is 4.33. The van der Waals surface area contributed by atoms with E-state index in [1.807, 2.05) is 0 Å². The van der Waals surface area contributed by atoms with E-state index in [1.165, 1.54) is 0 Å². The van der Waals surface area contributed by atoms with Crippen molar-refractivity contribution in [2.45, 2.75) is 0 Å². The molecule has 0 aliphatic carbocycles. The summed E-state index contributed by atoms with van der Waals surface area (Å²) in [7, 11) is 2.88. The van der Waals surface area contributed by atoms with Crippen molar-refractivity contribution in [2.75, 3.05) is 0 Å². The van der Waals surface area contributed by atoms with Crippen LogP contribution in [0, 0.1) is 0 Å². The molecule has 0 aliphatic heterocycles. The standard InChI is InChI=1S/C6H4ClOSi/c7-5-1-3-6(8-9)4-2-5/h1-4H. The van der Waals surface area contributed by atoms with Gasteiger partial charge in [0.15, 0.2) is 0 Å². The van der Waals surface area contributed by atoms with Crippen molar-refractivity contribution in [3.8, 4) is 5.75 Å². The Morgan fingerprint density at radius 3 is 2.22 bits per heavy atom. The van der Waals surface area contributed by atoms with Gasteiger partial charge in [0, 0.05) is 5.02 Å². The quantitative estimate of drug-likeness (QED) is 0.562. The molecule has 3 radical (unpaired) electrons. The lowest BCUT2D eigenvalue weighted by Crippen LogP contribution is -1.82. The van der Waals surface area contributed by atoms with E-state index in [2.05, 4.69) is 10.5 Å². The van der Waals surface area contributed by atoms with Crippen LogP contribution in [0.15, 0.2) is 24.3 Å². The minimum Gasteiger partial charge on any atom is -0.540 e. The normalized spacial score (nSPS) is 9.11. The van der Waals surface area contributed by atoms with Crippen LogP contribution in [0.3, 0.4) is 0 Å². The van der Waals surface area contributed by atoms with Gasteiger partial charge in [-0.2, -0.15) is 0 Å². The Balaban J connectivity index is 2.88. The highest BCUT2D eigenvalue weighted by Gasteiger charge is 1.87. The molecule has 0 unspecified atom stereocenters. The summed E-state index contributed by atoms with van der Waals surface area (Å²) in [5, 5.41) is 0.711. The van der Waals surface area contributed by atoms with Gasteiger partial charge >= 0.3 is 10.5 Å². The van der Waals surface area contributed by atoms with Crippen molar-refractivity contribution in [1.29, 1.82) is 0 Å². The zero-order valence-corrected chi connectivity index (χ0v) is 6.35. The van der Waals surface area contributed by atoms with Crippen LogP contribution in [0.5, 0.6) is 5.75 Å². The minimum absolute atomic E-state index is 0.711. The predicted molar refractivity (Wildman–Crippen MR) is 37.8 cm³/mol. The zero-order chi connectivity index (χ0) is 6.69. The maximum Gasteiger partial charge on any atom is 0.341 e. The topological polar surface area (TPSA) is 9.23 Å². The van der Waals surface area contributed by atoms with Crippen LogP contribution in [0.4, 0.5) is 0 Å². The van der Waals surface area contributed by atoms with Gasteiger partial charge in [0.1, 0.15) is 5.75 Å². The highest BCUT2D eigenvalue weighted by atomic mass is 35.5. The smallest absolute Gasteiger partial charge is 0.341 e. The molecule has 0 amide bonds. The summed E-state index contributed by atoms with van der Waals surface area (Å²) in [5.41, 5.74) is 0. The van der Waals surface area contributed by atoms with Crippen molar-refractivity contribution < 1.29 is 4.43 Å². The maximum atomic E-state index is 5.60. The van der Waals surface area contributed by atoms with E-state index in [0.717, 1.165) is 5.75 Å².